The zero-order chi connectivity index (χ0) is 11.1. The summed E-state index contributed by atoms with van der Waals surface area (Å²) in [4.78, 5) is 0. The molecule has 0 radical (unpaired) electrons. The van der Waals surface area contributed by atoms with Gasteiger partial charge in [0.1, 0.15) is 0 Å². The topological polar surface area (TPSA) is 56.5 Å². The minimum atomic E-state index is -3.64. The summed E-state index contributed by atoms with van der Waals surface area (Å²) in [5.74, 6) is -0.156. The van der Waals surface area contributed by atoms with Gasteiger partial charge in [-0.15, -0.1) is 8.78 Å². The molecule has 0 bridgehead atoms. The Balaban J connectivity index is 2.37. The molecule has 80 valence electrons. The Bertz CT molecular complexity index is 425. The van der Waals surface area contributed by atoms with Gasteiger partial charge in [0.25, 0.3) is 0 Å². The molecule has 15 heavy (non-hydrogen) atoms. The van der Waals surface area contributed by atoms with Crippen molar-refractivity contribution in [3.63, 3.8) is 0 Å². The molecule has 1 heterocycles. The summed E-state index contributed by atoms with van der Waals surface area (Å²) in [6.45, 7) is 0. The average Bonchev–Trinajstić information content (AvgIpc) is 2.39. The predicted octanol–water partition coefficient (Wildman–Crippen LogP) is 1.66. The van der Waals surface area contributed by atoms with Crippen molar-refractivity contribution < 1.29 is 18.3 Å². The second-order valence-electron chi connectivity index (χ2n) is 2.79. The maximum atomic E-state index is 12.7. The molecule has 1 aliphatic rings. The molecule has 0 spiro atoms. The monoisotopic (exact) mass is 232 g/mol. The molecule has 1 aromatic carbocycles. The molecule has 1 aliphatic heterocycles. The van der Waals surface area contributed by atoms with Crippen molar-refractivity contribution >= 4 is 23.0 Å². The van der Waals surface area contributed by atoms with Gasteiger partial charge >= 0.3 is 6.29 Å². The first-order chi connectivity index (χ1) is 6.98. The van der Waals surface area contributed by atoms with E-state index >= 15 is 0 Å². The molecule has 1 aromatic rings. The van der Waals surface area contributed by atoms with E-state index in [-0.39, 0.29) is 22.3 Å². The number of anilines is 1. The van der Waals surface area contributed by atoms with Crippen molar-refractivity contribution in [3.8, 4) is 11.5 Å². The Morgan fingerprint density at radius 2 is 2.13 bits per heavy atom. The van der Waals surface area contributed by atoms with E-state index in [0.29, 0.717) is 0 Å². The molecule has 0 saturated heterocycles. The van der Waals surface area contributed by atoms with Crippen LogP contribution < -0.4 is 20.5 Å². The molecule has 0 atom stereocenters. The van der Waals surface area contributed by atoms with Crippen LogP contribution in [-0.2, 0) is 0 Å². The van der Waals surface area contributed by atoms with E-state index in [4.69, 9.17) is 5.73 Å². The Morgan fingerprint density at radius 1 is 1.40 bits per heavy atom. The van der Waals surface area contributed by atoms with Crippen LogP contribution in [0.2, 0.25) is 0 Å². The molecule has 0 saturated carbocycles. The summed E-state index contributed by atoms with van der Waals surface area (Å²) in [5.41, 5.74) is 5.47. The third kappa shape index (κ3) is 1.91. The summed E-state index contributed by atoms with van der Waals surface area (Å²) in [5, 5.41) is 2.47. The van der Waals surface area contributed by atoms with Crippen molar-refractivity contribution in [1.29, 1.82) is 0 Å². The minimum absolute atomic E-state index is 0.0396. The molecule has 0 unspecified atom stereocenters. The van der Waals surface area contributed by atoms with Gasteiger partial charge in [0.2, 0.25) is 0 Å². The van der Waals surface area contributed by atoms with Crippen LogP contribution in [0.15, 0.2) is 18.2 Å². The zero-order valence-corrected chi connectivity index (χ0v) is 8.11. The Kier molecular flexibility index (Phi) is 2.11. The second-order valence-corrected chi connectivity index (χ2v) is 3.23. The fraction of sp³-hybridized carbons (Fsp3) is 0.125. The Labute approximate surface area is 89.0 Å². The molecule has 3 N–H and O–H groups in total. The number of fused-ring (bicyclic) bond motifs is 1. The first kappa shape index (κ1) is 9.91. The van der Waals surface area contributed by atoms with Gasteiger partial charge in [-0.2, -0.15) is 0 Å². The van der Waals surface area contributed by atoms with E-state index in [0.717, 1.165) is 0 Å². The van der Waals surface area contributed by atoms with Crippen LogP contribution in [0, 0.1) is 0 Å². The van der Waals surface area contributed by atoms with Gasteiger partial charge in [0.05, 0.1) is 5.69 Å². The first-order valence-electron chi connectivity index (χ1n) is 3.93. The van der Waals surface area contributed by atoms with Gasteiger partial charge in [-0.1, -0.05) is 6.07 Å². The van der Waals surface area contributed by atoms with Gasteiger partial charge in [-0.3, -0.25) is 0 Å². The van der Waals surface area contributed by atoms with Crippen molar-refractivity contribution in [2.45, 2.75) is 6.29 Å². The molecule has 7 heteroatoms. The quantitative estimate of drug-likeness (QED) is 0.721. The third-order valence-electron chi connectivity index (χ3n) is 1.69. The summed E-state index contributed by atoms with van der Waals surface area (Å²) in [6.07, 6.45) is -3.64. The molecule has 0 amide bonds. The molecule has 0 aliphatic carbocycles. The minimum Gasteiger partial charge on any atom is -0.395 e. The number of benzene rings is 1. The van der Waals surface area contributed by atoms with Crippen LogP contribution in [0.3, 0.4) is 0 Å². The van der Waals surface area contributed by atoms with E-state index < -0.39 is 6.29 Å². The lowest BCUT2D eigenvalue weighted by Gasteiger charge is -2.07. The number of nitrogens with one attached hydrogen (secondary N) is 1. The number of para-hydroxylation sites is 1. The molecular weight excluding hydrogens is 226 g/mol. The van der Waals surface area contributed by atoms with Gasteiger partial charge in [-0.25, -0.2) is 0 Å². The molecular formula is C8H6F2N2O2S. The van der Waals surface area contributed by atoms with Crippen molar-refractivity contribution in [1.82, 2.24) is 0 Å². The van der Waals surface area contributed by atoms with E-state index in [9.17, 15) is 8.78 Å². The van der Waals surface area contributed by atoms with Crippen LogP contribution >= 0.6 is 12.2 Å². The van der Waals surface area contributed by atoms with E-state index in [2.05, 4.69) is 27.0 Å². The Morgan fingerprint density at radius 3 is 2.80 bits per heavy atom. The normalized spacial score (nSPS) is 16.1. The molecule has 4 nitrogen and oxygen atoms in total. The maximum Gasteiger partial charge on any atom is 0.586 e. The number of ether oxygens (including phenoxy) is 2. The van der Waals surface area contributed by atoms with Gasteiger partial charge < -0.3 is 20.5 Å². The van der Waals surface area contributed by atoms with Crippen LogP contribution in [0.5, 0.6) is 11.5 Å². The SMILES string of the molecule is NC(=S)Nc1cccc2c1OC(F)(F)O2. The van der Waals surface area contributed by atoms with Gasteiger partial charge in [0, 0.05) is 0 Å². The fourth-order valence-corrected chi connectivity index (χ4v) is 1.31. The van der Waals surface area contributed by atoms with Gasteiger partial charge in [-0.05, 0) is 24.4 Å². The van der Waals surface area contributed by atoms with Crippen LogP contribution in [0.25, 0.3) is 0 Å². The fourth-order valence-electron chi connectivity index (χ4n) is 1.20. The summed E-state index contributed by atoms with van der Waals surface area (Å²) < 4.78 is 34.0. The highest BCUT2D eigenvalue weighted by Crippen LogP contribution is 2.45. The predicted molar refractivity (Wildman–Crippen MR) is 53.1 cm³/mol. The summed E-state index contributed by atoms with van der Waals surface area (Å²) in [6, 6.07) is 4.38. The number of hydrogen-bond acceptors (Lipinski definition) is 3. The maximum absolute atomic E-state index is 12.7. The number of alkyl halides is 2. The highest BCUT2D eigenvalue weighted by atomic mass is 32.1. The Hall–Kier alpha value is -1.63. The van der Waals surface area contributed by atoms with Crippen LogP contribution in [-0.4, -0.2) is 11.4 Å². The standard InChI is InChI=1S/C8H6F2N2O2S/c9-8(10)13-5-3-1-2-4(6(5)14-8)12-7(11)15/h1-3H,(H3,11,12,15). The van der Waals surface area contributed by atoms with Crippen molar-refractivity contribution in [3.05, 3.63) is 18.2 Å². The zero-order valence-electron chi connectivity index (χ0n) is 7.29. The van der Waals surface area contributed by atoms with E-state index in [1.54, 1.807) is 0 Å². The highest BCUT2D eigenvalue weighted by Gasteiger charge is 2.44. The number of rotatable bonds is 1. The third-order valence-corrected chi connectivity index (χ3v) is 1.79. The molecule has 0 aromatic heterocycles. The smallest absolute Gasteiger partial charge is 0.395 e. The summed E-state index contributed by atoms with van der Waals surface area (Å²) in [7, 11) is 0. The largest absolute Gasteiger partial charge is 0.586 e. The summed E-state index contributed by atoms with van der Waals surface area (Å²) >= 11 is 4.59. The lowest BCUT2D eigenvalue weighted by Crippen LogP contribution is -2.26. The van der Waals surface area contributed by atoms with Crippen LogP contribution in [0.4, 0.5) is 14.5 Å². The first-order valence-corrected chi connectivity index (χ1v) is 4.34. The number of nitrogens with two attached hydrogens (primary N) is 1. The van der Waals surface area contributed by atoms with Crippen molar-refractivity contribution in [2.24, 2.45) is 5.73 Å². The molecule has 0 fully saturated rings. The van der Waals surface area contributed by atoms with Crippen molar-refractivity contribution in [2.75, 3.05) is 5.32 Å². The van der Waals surface area contributed by atoms with Gasteiger partial charge in [0.15, 0.2) is 16.6 Å². The molecule has 2 rings (SSSR count). The average molecular weight is 232 g/mol. The second kappa shape index (κ2) is 3.20. The van der Waals surface area contributed by atoms with E-state index in [1.807, 2.05) is 0 Å². The number of halogens is 2. The highest BCUT2D eigenvalue weighted by molar-refractivity contribution is 7.80. The lowest BCUT2D eigenvalue weighted by atomic mass is 10.3. The van der Waals surface area contributed by atoms with Crippen LogP contribution in [0.1, 0.15) is 0 Å². The number of thiocarbonyl (C=S) groups is 1. The number of hydrogen-bond donors (Lipinski definition) is 2. The van der Waals surface area contributed by atoms with E-state index in [1.165, 1.54) is 18.2 Å². The lowest BCUT2D eigenvalue weighted by molar-refractivity contribution is -0.286.